The van der Waals surface area contributed by atoms with E-state index in [1.165, 1.54) is 12.1 Å². The summed E-state index contributed by atoms with van der Waals surface area (Å²) in [6.07, 6.45) is 1.93. The Labute approximate surface area is 510 Å². The van der Waals surface area contributed by atoms with E-state index in [0.717, 1.165) is 77.9 Å². The summed E-state index contributed by atoms with van der Waals surface area (Å²) in [6.45, 7) is 12.9. The first-order chi connectivity index (χ1) is 41.0. The molecule has 0 aliphatic carbocycles. The van der Waals surface area contributed by atoms with Crippen LogP contribution in [-0.4, -0.2) is 141 Å². The van der Waals surface area contributed by atoms with Crippen molar-refractivity contribution in [2.24, 2.45) is 0 Å². The Hall–Kier alpha value is -8.85. The van der Waals surface area contributed by atoms with Crippen molar-refractivity contribution in [2.75, 3.05) is 89.6 Å². The van der Waals surface area contributed by atoms with Crippen molar-refractivity contribution >= 4 is 17.8 Å². The number of aromatic hydroxyl groups is 8. The molecule has 8 rings (SSSR count). The molecule has 0 saturated heterocycles. The summed E-state index contributed by atoms with van der Waals surface area (Å²) >= 11 is 0. The first kappa shape index (κ1) is 68.9. The van der Waals surface area contributed by atoms with E-state index in [-0.39, 0.29) is 86.8 Å². The van der Waals surface area contributed by atoms with Gasteiger partial charge in [0.05, 0.1) is 13.2 Å². The molecule has 0 aliphatic rings. The van der Waals surface area contributed by atoms with Gasteiger partial charge in [0.2, 0.25) is 17.8 Å². The molecule has 0 amide bonds. The third kappa shape index (κ3) is 19.3. The quantitative estimate of drug-likeness (QED) is 0.0267. The summed E-state index contributed by atoms with van der Waals surface area (Å²) < 4.78 is 15.4. The molecule has 1 heterocycles. The van der Waals surface area contributed by atoms with E-state index in [9.17, 15) is 51.1 Å². The van der Waals surface area contributed by atoms with E-state index < -0.39 is 0 Å². The zero-order valence-electron chi connectivity index (χ0n) is 50.8. The highest BCUT2D eigenvalue weighted by atomic mass is 16.5. The lowest BCUT2D eigenvalue weighted by atomic mass is 9.92. The number of aryl methyl sites for hydroxylation is 6. The molecule has 10 N–H and O–H groups in total. The highest BCUT2D eigenvalue weighted by Crippen LogP contribution is 2.37. The third-order valence-electron chi connectivity index (χ3n) is 14.1. The molecule has 8 aromatic rings. The van der Waals surface area contributed by atoms with Crippen LogP contribution in [0.5, 0.6) is 46.0 Å². The molecule has 0 radical (unpaired) electrons. The van der Waals surface area contributed by atoms with Crippen LogP contribution in [0.25, 0.3) is 0 Å². The number of anilines is 3. The molecular formula is C68H86N6O13. The van der Waals surface area contributed by atoms with Crippen LogP contribution in [0.15, 0.2) is 109 Å². The fourth-order valence-electron chi connectivity index (χ4n) is 9.92. The molecule has 1 aromatic heterocycles. The molecule has 87 heavy (non-hydrogen) atoms. The van der Waals surface area contributed by atoms with Gasteiger partial charge < -0.3 is 80.0 Å². The van der Waals surface area contributed by atoms with E-state index in [0.29, 0.717) is 74.2 Å². The van der Waals surface area contributed by atoms with Crippen LogP contribution >= 0.6 is 0 Å². The highest BCUT2D eigenvalue weighted by molar-refractivity contribution is 5.55. The number of nitrogens with zero attached hydrogens (tertiary/aromatic N) is 6. The summed E-state index contributed by atoms with van der Waals surface area (Å²) in [4.78, 5) is 18.3. The Kier molecular flexibility index (Phi) is 25.8. The summed E-state index contributed by atoms with van der Waals surface area (Å²) in [7, 11) is 6.46. The fraction of sp³-hybridized carbons (Fsp3) is 0.338. The number of phenols is 8. The third-order valence-corrected chi connectivity index (χ3v) is 14.1. The van der Waals surface area contributed by atoms with Gasteiger partial charge in [-0.05, 0) is 127 Å². The van der Waals surface area contributed by atoms with E-state index in [4.69, 9.17) is 14.2 Å². The molecule has 0 spiro atoms. The minimum atomic E-state index is -0.0773. The molecule has 19 nitrogen and oxygen atoms in total. The monoisotopic (exact) mass is 1190 g/mol. The lowest BCUT2D eigenvalue weighted by Crippen LogP contribution is -2.35. The number of ether oxygens (including phenoxy) is 3. The van der Waals surface area contributed by atoms with Crippen LogP contribution in [0.2, 0.25) is 0 Å². The Morgan fingerprint density at radius 3 is 1.01 bits per heavy atom. The molecule has 0 unspecified atom stereocenters. The lowest BCUT2D eigenvalue weighted by Gasteiger charge is -2.26. The Morgan fingerprint density at radius 1 is 0.345 bits per heavy atom. The number of hydrogen-bond donors (Lipinski definition) is 10. The Bertz CT molecular complexity index is 3330. The van der Waals surface area contributed by atoms with Gasteiger partial charge in [-0.15, -0.1) is 0 Å². The van der Waals surface area contributed by atoms with Gasteiger partial charge in [0.1, 0.15) is 66.2 Å². The van der Waals surface area contributed by atoms with Crippen LogP contribution < -0.4 is 14.7 Å². The number of aromatic nitrogens is 3. The van der Waals surface area contributed by atoms with Crippen molar-refractivity contribution < 1.29 is 65.3 Å². The average Bonchev–Trinajstić information content (AvgIpc) is 3.39. The molecule has 0 fully saturated rings. The second kappa shape index (κ2) is 32.6. The number of benzene rings is 7. The summed E-state index contributed by atoms with van der Waals surface area (Å²) in [5, 5.41) is 102. The van der Waals surface area contributed by atoms with Crippen LogP contribution in [0.3, 0.4) is 0 Å². The normalized spacial score (nSPS) is 10.8. The molecule has 7 aromatic carbocycles. The first-order valence-corrected chi connectivity index (χ1v) is 28.0. The topological polar surface area (TPSA) is 278 Å². The zero-order chi connectivity index (χ0) is 62.8. The van der Waals surface area contributed by atoms with Crippen LogP contribution in [0.1, 0.15) is 96.4 Å². The molecule has 19 heteroatoms. The summed E-state index contributed by atoms with van der Waals surface area (Å²) in [6, 6.07) is 32.3. The molecular weight excluding hydrogens is 1110 g/mol. The van der Waals surface area contributed by atoms with Crippen LogP contribution in [0, 0.1) is 41.5 Å². The van der Waals surface area contributed by atoms with Gasteiger partial charge in [0, 0.05) is 79.6 Å². The summed E-state index contributed by atoms with van der Waals surface area (Å²) in [5.41, 5.74) is 13.2. The average molecular weight is 1200 g/mol. The standard InChI is InChI=1S/C31H32O4.C22H22O4.C14H28N6O5.CH4/c1-18-5-7-28(32)22(9-18)15-24-11-20(3)13-26(30(24)34)17-27-14-21(4)12-25(31(27)35)16-23-10-19(2)6-8-29(23)33;1-13-3-4-15(20(24)9-13)10-17-7-14(2)8-18(22(17)26)11-16-5-6-19(23)12-21(16)25;1-18(9-23-2)12-15-13(19(5-7-21)10-24-3)17-14(16-12)20(6-8-22)11-25-4;/h5-14,32-35H,15-17H2,1-4H3;3-9,12,23-26H,10-11H2,1-2H3;21-22H,5-11H2,1-4H3;1H4. The Morgan fingerprint density at radius 2 is 0.655 bits per heavy atom. The maximum Gasteiger partial charge on any atom is 0.233 e. The number of hydrogen-bond acceptors (Lipinski definition) is 19. The largest absolute Gasteiger partial charge is 0.508 e. The van der Waals surface area contributed by atoms with Gasteiger partial charge >= 0.3 is 0 Å². The molecule has 0 aliphatic heterocycles. The molecule has 0 saturated carbocycles. The van der Waals surface area contributed by atoms with Crippen molar-refractivity contribution in [3.8, 4) is 46.0 Å². The van der Waals surface area contributed by atoms with E-state index in [2.05, 4.69) is 15.0 Å². The predicted molar refractivity (Wildman–Crippen MR) is 340 cm³/mol. The number of aliphatic hydroxyl groups is 2. The maximum atomic E-state index is 11.1. The minimum absolute atomic E-state index is 0. The van der Waals surface area contributed by atoms with Gasteiger partial charge in [0.15, 0.2) is 0 Å². The first-order valence-electron chi connectivity index (χ1n) is 28.0. The van der Waals surface area contributed by atoms with Crippen molar-refractivity contribution in [3.63, 3.8) is 0 Å². The van der Waals surface area contributed by atoms with Crippen molar-refractivity contribution in [1.82, 2.24) is 15.0 Å². The molecule has 0 atom stereocenters. The van der Waals surface area contributed by atoms with Crippen LogP contribution in [0.4, 0.5) is 17.8 Å². The number of phenolic OH excluding ortho intramolecular Hbond substituents is 8. The van der Waals surface area contributed by atoms with Gasteiger partial charge in [-0.2, -0.15) is 15.0 Å². The van der Waals surface area contributed by atoms with E-state index >= 15 is 0 Å². The van der Waals surface area contributed by atoms with Crippen molar-refractivity contribution in [1.29, 1.82) is 0 Å². The number of aliphatic hydroxyl groups excluding tert-OH is 2. The number of rotatable bonds is 23. The van der Waals surface area contributed by atoms with Crippen molar-refractivity contribution in [3.05, 3.63) is 198 Å². The summed E-state index contributed by atoms with van der Waals surface area (Å²) in [5.74, 6) is 2.20. The highest BCUT2D eigenvalue weighted by Gasteiger charge is 2.21. The second-order valence-electron chi connectivity index (χ2n) is 21.5. The Balaban J connectivity index is 0.000000242. The van der Waals surface area contributed by atoms with Gasteiger partial charge in [-0.3, -0.25) is 0 Å². The van der Waals surface area contributed by atoms with Gasteiger partial charge in [0.25, 0.3) is 0 Å². The van der Waals surface area contributed by atoms with Gasteiger partial charge in [-0.25, -0.2) is 0 Å². The SMILES string of the molecule is C.COCN(C)c1nc(N(CCO)COC)nc(N(CCO)COC)n1.Cc1ccc(Cc2cc(C)cc(Cc3ccc(O)cc3O)c2O)c(O)c1.Cc1ccc(O)c(Cc2cc(C)cc(Cc3cc(C)cc(Cc4cc(C)ccc4O)c3O)c2O)c1. The van der Waals surface area contributed by atoms with Crippen LogP contribution in [-0.2, 0) is 46.3 Å². The van der Waals surface area contributed by atoms with E-state index in [1.54, 1.807) is 67.3 Å². The van der Waals surface area contributed by atoms with E-state index in [1.807, 2.05) is 114 Å². The fourth-order valence-corrected chi connectivity index (χ4v) is 9.92. The molecule has 0 bridgehead atoms. The van der Waals surface area contributed by atoms with Crippen molar-refractivity contribution in [2.45, 2.75) is 81.1 Å². The maximum absolute atomic E-state index is 11.1. The zero-order valence-corrected chi connectivity index (χ0v) is 50.8. The number of methoxy groups -OCH3 is 3. The lowest BCUT2D eigenvalue weighted by molar-refractivity contribution is 0.185. The van der Waals surface area contributed by atoms with Gasteiger partial charge in [-0.1, -0.05) is 114 Å². The predicted octanol–water partition coefficient (Wildman–Crippen LogP) is 10.2. The second-order valence-corrected chi connectivity index (χ2v) is 21.5. The smallest absolute Gasteiger partial charge is 0.233 e. The molecule has 466 valence electrons. The minimum Gasteiger partial charge on any atom is -0.508 e.